The van der Waals surface area contributed by atoms with Crippen LogP contribution in [0.3, 0.4) is 0 Å². The number of fused-ring (bicyclic) bond motifs is 1. The molecule has 0 aromatic carbocycles. The highest BCUT2D eigenvalue weighted by Crippen LogP contribution is 2.25. The first kappa shape index (κ1) is 8.05. The first-order chi connectivity index (χ1) is 5.86. The molecule has 0 bridgehead atoms. The number of ether oxygens (including phenoxy) is 2. The fourth-order valence-corrected chi connectivity index (χ4v) is 1.92. The average Bonchev–Trinajstić information content (AvgIpc) is 2.32. The minimum absolute atomic E-state index is 0.211. The number of hydrogen-bond donors (Lipinski definition) is 0. The van der Waals surface area contributed by atoms with Gasteiger partial charge < -0.3 is 9.47 Å². The number of thiocarbonyl (C=S) groups is 1. The van der Waals surface area contributed by atoms with Gasteiger partial charge in [-0.3, -0.25) is 0 Å². The largest absolute Gasteiger partial charge is 0.450 e. The van der Waals surface area contributed by atoms with Gasteiger partial charge in [0.25, 0.3) is 0 Å². The van der Waals surface area contributed by atoms with Gasteiger partial charge in [-0.2, -0.15) is 0 Å². The molecule has 66 valence electrons. The van der Waals surface area contributed by atoms with Gasteiger partial charge >= 0.3 is 5.24 Å². The van der Waals surface area contributed by atoms with E-state index in [2.05, 4.69) is 12.2 Å². The standard InChI is InChI=1S/C9H12O2S/c12-9-10-7-5-3-1-2-4-6-8(7)11-9/h1-2,7-8H,3-6H2/b2-1-. The van der Waals surface area contributed by atoms with Crippen molar-refractivity contribution in [3.63, 3.8) is 0 Å². The third-order valence-electron chi connectivity index (χ3n) is 2.31. The van der Waals surface area contributed by atoms with Crippen molar-refractivity contribution in [3.8, 4) is 0 Å². The molecular formula is C9H12O2S. The monoisotopic (exact) mass is 184 g/mol. The molecule has 1 heterocycles. The van der Waals surface area contributed by atoms with Gasteiger partial charge in [0.2, 0.25) is 0 Å². The summed E-state index contributed by atoms with van der Waals surface area (Å²) in [6.07, 6.45) is 9.05. The van der Waals surface area contributed by atoms with E-state index in [0.29, 0.717) is 5.24 Å². The maximum absolute atomic E-state index is 5.38. The Labute approximate surface area is 77.5 Å². The van der Waals surface area contributed by atoms with Crippen molar-refractivity contribution in [2.24, 2.45) is 0 Å². The summed E-state index contributed by atoms with van der Waals surface area (Å²) in [6, 6.07) is 0. The summed E-state index contributed by atoms with van der Waals surface area (Å²) in [5.74, 6) is 0. The lowest BCUT2D eigenvalue weighted by Crippen LogP contribution is -2.22. The summed E-state index contributed by atoms with van der Waals surface area (Å²) in [4.78, 5) is 0. The molecule has 2 atom stereocenters. The molecule has 0 aromatic heterocycles. The van der Waals surface area contributed by atoms with Crippen molar-refractivity contribution >= 4 is 17.5 Å². The molecule has 2 unspecified atom stereocenters. The van der Waals surface area contributed by atoms with E-state index in [1.807, 2.05) is 0 Å². The summed E-state index contributed by atoms with van der Waals surface area (Å²) in [7, 11) is 0. The van der Waals surface area contributed by atoms with E-state index in [0.717, 1.165) is 25.7 Å². The van der Waals surface area contributed by atoms with Crippen LogP contribution in [0.15, 0.2) is 12.2 Å². The molecule has 0 aromatic rings. The molecule has 2 nitrogen and oxygen atoms in total. The Balaban J connectivity index is 2.02. The SMILES string of the molecule is S=C1OC2CC/C=C\CCC2O1. The van der Waals surface area contributed by atoms with Crippen LogP contribution < -0.4 is 0 Å². The molecule has 0 radical (unpaired) electrons. The van der Waals surface area contributed by atoms with Crippen LogP contribution in [0.1, 0.15) is 25.7 Å². The Kier molecular flexibility index (Phi) is 2.30. The molecule has 0 amide bonds. The molecule has 1 aliphatic heterocycles. The average molecular weight is 184 g/mol. The highest BCUT2D eigenvalue weighted by Gasteiger charge is 2.33. The summed E-state index contributed by atoms with van der Waals surface area (Å²) in [5, 5.41) is 0.340. The van der Waals surface area contributed by atoms with Gasteiger partial charge in [-0.05, 0) is 25.7 Å². The smallest absolute Gasteiger partial charge is 0.353 e. The van der Waals surface area contributed by atoms with E-state index in [-0.39, 0.29) is 12.2 Å². The predicted octanol–water partition coefficient (Wildman–Crippen LogP) is 2.19. The zero-order chi connectivity index (χ0) is 8.39. The lowest BCUT2D eigenvalue weighted by atomic mass is 10.0. The van der Waals surface area contributed by atoms with Gasteiger partial charge in [0.15, 0.2) is 0 Å². The zero-order valence-electron chi connectivity index (χ0n) is 6.86. The van der Waals surface area contributed by atoms with Crippen LogP contribution in [0.5, 0.6) is 0 Å². The fourth-order valence-electron chi connectivity index (χ4n) is 1.67. The van der Waals surface area contributed by atoms with Crippen LogP contribution >= 0.6 is 12.2 Å². The van der Waals surface area contributed by atoms with Crippen LogP contribution in [0.2, 0.25) is 0 Å². The highest BCUT2D eigenvalue weighted by molar-refractivity contribution is 7.79. The first-order valence-corrected chi connectivity index (χ1v) is 4.79. The molecule has 2 aliphatic rings. The van der Waals surface area contributed by atoms with Crippen molar-refractivity contribution in [1.82, 2.24) is 0 Å². The molecule has 0 spiro atoms. The summed E-state index contributed by atoms with van der Waals surface area (Å²) >= 11 is 4.86. The normalized spacial score (nSPS) is 37.2. The summed E-state index contributed by atoms with van der Waals surface area (Å²) in [5.41, 5.74) is 0. The van der Waals surface area contributed by atoms with Gasteiger partial charge in [0.05, 0.1) is 0 Å². The molecule has 1 saturated heterocycles. The van der Waals surface area contributed by atoms with Crippen LogP contribution in [0.4, 0.5) is 0 Å². The van der Waals surface area contributed by atoms with E-state index >= 15 is 0 Å². The third kappa shape index (κ3) is 1.61. The molecular weight excluding hydrogens is 172 g/mol. The zero-order valence-corrected chi connectivity index (χ0v) is 7.68. The van der Waals surface area contributed by atoms with E-state index in [1.54, 1.807) is 0 Å². The Morgan fingerprint density at radius 3 is 2.08 bits per heavy atom. The Morgan fingerprint density at radius 2 is 1.58 bits per heavy atom. The summed E-state index contributed by atoms with van der Waals surface area (Å²) < 4.78 is 10.8. The number of rotatable bonds is 0. The van der Waals surface area contributed by atoms with Crippen molar-refractivity contribution in [2.75, 3.05) is 0 Å². The van der Waals surface area contributed by atoms with Gasteiger partial charge in [0.1, 0.15) is 12.2 Å². The van der Waals surface area contributed by atoms with E-state index < -0.39 is 0 Å². The quantitative estimate of drug-likeness (QED) is 0.424. The van der Waals surface area contributed by atoms with Crippen molar-refractivity contribution in [1.29, 1.82) is 0 Å². The second kappa shape index (κ2) is 3.44. The highest BCUT2D eigenvalue weighted by atomic mass is 32.1. The Morgan fingerprint density at radius 1 is 1.08 bits per heavy atom. The fraction of sp³-hybridized carbons (Fsp3) is 0.667. The van der Waals surface area contributed by atoms with Gasteiger partial charge in [-0.1, -0.05) is 12.2 Å². The van der Waals surface area contributed by atoms with E-state index in [4.69, 9.17) is 21.7 Å². The molecule has 0 saturated carbocycles. The Bertz CT molecular complexity index is 193. The topological polar surface area (TPSA) is 18.5 Å². The maximum Gasteiger partial charge on any atom is 0.353 e. The molecule has 1 fully saturated rings. The second-order valence-corrected chi connectivity index (χ2v) is 3.52. The molecule has 0 N–H and O–H groups in total. The lowest BCUT2D eigenvalue weighted by Gasteiger charge is -2.15. The first-order valence-electron chi connectivity index (χ1n) is 4.38. The number of allylic oxidation sites excluding steroid dienone is 2. The van der Waals surface area contributed by atoms with Gasteiger partial charge in [-0.25, -0.2) is 0 Å². The number of hydrogen-bond acceptors (Lipinski definition) is 3. The minimum Gasteiger partial charge on any atom is -0.450 e. The maximum atomic E-state index is 5.38. The second-order valence-electron chi connectivity index (χ2n) is 3.19. The van der Waals surface area contributed by atoms with Crippen LogP contribution in [-0.4, -0.2) is 17.4 Å². The minimum atomic E-state index is 0.211. The van der Waals surface area contributed by atoms with Crippen molar-refractivity contribution in [3.05, 3.63) is 12.2 Å². The molecule has 2 rings (SSSR count). The Hall–Kier alpha value is -0.570. The molecule has 1 aliphatic carbocycles. The van der Waals surface area contributed by atoms with Crippen molar-refractivity contribution < 1.29 is 9.47 Å². The van der Waals surface area contributed by atoms with Crippen LogP contribution in [0, 0.1) is 0 Å². The van der Waals surface area contributed by atoms with Gasteiger partial charge in [-0.15, -0.1) is 0 Å². The van der Waals surface area contributed by atoms with Crippen LogP contribution in [0.25, 0.3) is 0 Å². The molecule has 3 heteroatoms. The molecule has 12 heavy (non-hydrogen) atoms. The van der Waals surface area contributed by atoms with Crippen LogP contribution in [-0.2, 0) is 9.47 Å². The van der Waals surface area contributed by atoms with E-state index in [9.17, 15) is 0 Å². The predicted molar refractivity (Wildman–Crippen MR) is 50.0 cm³/mol. The third-order valence-corrected chi connectivity index (χ3v) is 2.50. The van der Waals surface area contributed by atoms with Crippen molar-refractivity contribution in [2.45, 2.75) is 37.9 Å². The lowest BCUT2D eigenvalue weighted by molar-refractivity contribution is 0.139. The summed E-state index contributed by atoms with van der Waals surface area (Å²) in [6.45, 7) is 0. The van der Waals surface area contributed by atoms with Gasteiger partial charge in [0, 0.05) is 12.2 Å². The van der Waals surface area contributed by atoms with E-state index in [1.165, 1.54) is 0 Å².